The van der Waals surface area contributed by atoms with Gasteiger partial charge < -0.3 is 20.3 Å². The highest BCUT2D eigenvalue weighted by atomic mass is 19.2. The number of anilines is 4. The third-order valence-corrected chi connectivity index (χ3v) is 4.35. The molecular weight excluding hydrogens is 434 g/mol. The summed E-state index contributed by atoms with van der Waals surface area (Å²) in [6, 6.07) is 10.6. The molecule has 0 aliphatic rings. The average molecular weight is 454 g/mol. The molecule has 2 aromatic carbocycles. The van der Waals surface area contributed by atoms with Gasteiger partial charge in [-0.2, -0.15) is 10.0 Å². The lowest BCUT2D eigenvalue weighted by Crippen LogP contribution is -2.15. The molecule has 2 heterocycles. The van der Waals surface area contributed by atoms with Crippen LogP contribution in [0, 0.1) is 11.6 Å². The van der Waals surface area contributed by atoms with E-state index in [1.165, 1.54) is 18.4 Å². The Morgan fingerprint density at radius 1 is 0.879 bits per heavy atom. The molecule has 0 saturated carbocycles. The van der Waals surface area contributed by atoms with Gasteiger partial charge in [0.05, 0.1) is 24.5 Å². The topological polar surface area (TPSA) is 93.7 Å². The number of benzene rings is 2. The van der Waals surface area contributed by atoms with Crippen LogP contribution in [0.15, 0.2) is 54.9 Å². The van der Waals surface area contributed by atoms with E-state index in [4.69, 9.17) is 14.6 Å². The lowest BCUT2D eigenvalue weighted by Gasteiger charge is -2.13. The number of methoxy groups -OCH3 is 1. The predicted octanol–water partition coefficient (Wildman–Crippen LogP) is 4.59. The molecule has 11 heteroatoms. The van der Waals surface area contributed by atoms with Crippen molar-refractivity contribution in [1.29, 1.82) is 0 Å². The molecule has 0 saturated heterocycles. The monoisotopic (exact) mass is 454 g/mol. The molecule has 0 unspecified atom stereocenters. The molecule has 2 N–H and O–H groups in total. The van der Waals surface area contributed by atoms with Crippen molar-refractivity contribution in [3.8, 4) is 11.5 Å². The Balaban J connectivity index is 1.50. The van der Waals surface area contributed by atoms with Gasteiger partial charge in [-0.05, 0) is 30.3 Å². The summed E-state index contributed by atoms with van der Waals surface area (Å²) in [5.41, 5.74) is 1.56. The van der Waals surface area contributed by atoms with E-state index >= 15 is 0 Å². The van der Waals surface area contributed by atoms with Crippen LogP contribution in [0.1, 0.15) is 0 Å². The fourth-order valence-corrected chi connectivity index (χ4v) is 2.89. The third kappa shape index (κ3) is 5.40. The van der Waals surface area contributed by atoms with Crippen LogP contribution < -0.4 is 20.3 Å². The highest BCUT2D eigenvalue weighted by molar-refractivity contribution is 5.82. The molecule has 33 heavy (non-hydrogen) atoms. The number of hydroxylamine groups is 2. The van der Waals surface area contributed by atoms with Crippen molar-refractivity contribution in [2.24, 2.45) is 0 Å². The van der Waals surface area contributed by atoms with E-state index in [0.29, 0.717) is 45.5 Å². The van der Waals surface area contributed by atoms with Gasteiger partial charge in [0.25, 0.3) is 0 Å². The molecule has 0 spiro atoms. The van der Waals surface area contributed by atoms with Gasteiger partial charge in [0.2, 0.25) is 11.7 Å². The van der Waals surface area contributed by atoms with E-state index < -0.39 is 11.6 Å². The number of halogens is 2. The first-order valence-electron chi connectivity index (χ1n) is 9.73. The van der Waals surface area contributed by atoms with Gasteiger partial charge in [0.15, 0.2) is 17.4 Å². The molecule has 0 radical (unpaired) electrons. The first-order chi connectivity index (χ1) is 15.9. The largest absolute Gasteiger partial charge is 0.493 e. The van der Waals surface area contributed by atoms with Crippen molar-refractivity contribution in [2.75, 3.05) is 31.8 Å². The zero-order valence-corrected chi connectivity index (χ0v) is 18.0. The zero-order chi connectivity index (χ0) is 23.4. The Kier molecular flexibility index (Phi) is 6.43. The van der Waals surface area contributed by atoms with Crippen LogP contribution in [-0.4, -0.2) is 41.2 Å². The van der Waals surface area contributed by atoms with Crippen molar-refractivity contribution >= 4 is 34.0 Å². The van der Waals surface area contributed by atoms with Gasteiger partial charge in [0, 0.05) is 43.5 Å². The highest BCUT2D eigenvalue weighted by Gasteiger charge is 2.10. The minimum absolute atomic E-state index is 0.321. The molecule has 0 bridgehead atoms. The summed E-state index contributed by atoms with van der Waals surface area (Å²) >= 11 is 0. The number of rotatable bonds is 8. The van der Waals surface area contributed by atoms with Crippen molar-refractivity contribution in [3.63, 3.8) is 0 Å². The van der Waals surface area contributed by atoms with Crippen molar-refractivity contribution < 1.29 is 23.4 Å². The smallest absolute Gasteiger partial charge is 0.229 e. The fourth-order valence-electron chi connectivity index (χ4n) is 2.89. The molecular formula is C22H20F2N6O3. The molecule has 170 valence electrons. The first kappa shape index (κ1) is 22.1. The number of nitrogens with zero attached hydrogens (tertiary/aromatic N) is 4. The van der Waals surface area contributed by atoms with E-state index in [0.717, 1.165) is 12.1 Å². The SMILES string of the molecule is COc1cc(Nc2nccc(Nc3cnc4cc(F)c(F)cc4c3)n2)ccc1OON(C)C. The highest BCUT2D eigenvalue weighted by Crippen LogP contribution is 2.31. The molecule has 0 atom stereocenters. The Hall–Kier alpha value is -4.09. The van der Waals surface area contributed by atoms with Crippen LogP contribution in [0.5, 0.6) is 11.5 Å². The van der Waals surface area contributed by atoms with Gasteiger partial charge in [0.1, 0.15) is 5.82 Å². The minimum atomic E-state index is -0.941. The van der Waals surface area contributed by atoms with E-state index in [2.05, 4.69) is 25.6 Å². The van der Waals surface area contributed by atoms with Crippen LogP contribution in [0.2, 0.25) is 0 Å². The fraction of sp³-hybridized carbons (Fsp3) is 0.136. The van der Waals surface area contributed by atoms with Crippen LogP contribution >= 0.6 is 0 Å². The molecule has 9 nitrogen and oxygen atoms in total. The van der Waals surface area contributed by atoms with Gasteiger partial charge in [-0.25, -0.2) is 13.8 Å². The lowest BCUT2D eigenvalue weighted by atomic mass is 10.2. The van der Waals surface area contributed by atoms with Gasteiger partial charge in [-0.3, -0.25) is 4.98 Å². The van der Waals surface area contributed by atoms with Crippen molar-refractivity contribution in [1.82, 2.24) is 20.0 Å². The Labute approximate surface area is 187 Å². The summed E-state index contributed by atoms with van der Waals surface area (Å²) in [5, 5.41) is 8.02. The van der Waals surface area contributed by atoms with Gasteiger partial charge in [-0.1, -0.05) is 4.99 Å². The first-order valence-corrected chi connectivity index (χ1v) is 9.73. The number of ether oxygens (including phenoxy) is 1. The second-order valence-corrected chi connectivity index (χ2v) is 7.03. The third-order valence-electron chi connectivity index (χ3n) is 4.35. The Morgan fingerprint density at radius 2 is 1.70 bits per heavy atom. The normalized spacial score (nSPS) is 11.0. The quantitative estimate of drug-likeness (QED) is 0.293. The van der Waals surface area contributed by atoms with E-state index in [9.17, 15) is 8.78 Å². The van der Waals surface area contributed by atoms with Crippen LogP contribution in [0.25, 0.3) is 10.9 Å². The number of hydrogen-bond acceptors (Lipinski definition) is 9. The second-order valence-electron chi connectivity index (χ2n) is 7.03. The Bertz CT molecular complexity index is 1290. The lowest BCUT2D eigenvalue weighted by molar-refractivity contribution is -0.349. The number of pyridine rings is 1. The van der Waals surface area contributed by atoms with Crippen molar-refractivity contribution in [3.05, 3.63) is 66.5 Å². The maximum absolute atomic E-state index is 13.5. The molecule has 4 aromatic rings. The average Bonchev–Trinajstić information content (AvgIpc) is 2.79. The van der Waals surface area contributed by atoms with Crippen molar-refractivity contribution in [2.45, 2.75) is 0 Å². The summed E-state index contributed by atoms with van der Waals surface area (Å²) in [5.74, 6) is -0.237. The summed E-state index contributed by atoms with van der Waals surface area (Å²) in [4.78, 5) is 23.0. The van der Waals surface area contributed by atoms with E-state index in [-0.39, 0.29) is 0 Å². The maximum Gasteiger partial charge on any atom is 0.229 e. The molecule has 0 amide bonds. The predicted molar refractivity (Wildman–Crippen MR) is 119 cm³/mol. The van der Waals surface area contributed by atoms with E-state index in [1.807, 2.05) is 0 Å². The Morgan fingerprint density at radius 3 is 2.48 bits per heavy atom. The van der Waals surface area contributed by atoms with E-state index in [1.54, 1.807) is 50.6 Å². The van der Waals surface area contributed by atoms with Crippen LogP contribution in [-0.2, 0) is 4.99 Å². The number of aromatic nitrogens is 3. The molecule has 0 aliphatic carbocycles. The molecule has 2 aromatic heterocycles. The number of fused-ring (bicyclic) bond motifs is 1. The summed E-state index contributed by atoms with van der Waals surface area (Å²) in [6.07, 6.45) is 3.08. The summed E-state index contributed by atoms with van der Waals surface area (Å²) < 4.78 is 32.3. The zero-order valence-electron chi connectivity index (χ0n) is 18.0. The summed E-state index contributed by atoms with van der Waals surface area (Å²) in [6.45, 7) is 0. The maximum atomic E-state index is 13.5. The van der Waals surface area contributed by atoms with Crippen LogP contribution in [0.3, 0.4) is 0 Å². The van der Waals surface area contributed by atoms with Crippen LogP contribution in [0.4, 0.5) is 31.9 Å². The molecule has 0 fully saturated rings. The summed E-state index contributed by atoms with van der Waals surface area (Å²) in [7, 11) is 4.89. The minimum Gasteiger partial charge on any atom is -0.493 e. The standard InChI is InChI=1S/C22H20F2N6O3/c1-30(2)33-32-19-5-4-14(10-20(19)31-3)28-22-25-7-6-21(29-22)27-15-8-13-9-16(23)17(24)11-18(13)26-12-15/h4-12H,1-3H3,(H2,25,27,28,29). The molecule has 4 rings (SSSR count). The number of nitrogens with one attached hydrogen (secondary N) is 2. The molecule has 0 aliphatic heterocycles. The van der Waals surface area contributed by atoms with Gasteiger partial charge >= 0.3 is 0 Å². The second kappa shape index (κ2) is 9.59. The van der Waals surface area contributed by atoms with Gasteiger partial charge in [-0.15, -0.1) is 0 Å². The number of hydrogen-bond donors (Lipinski definition) is 2.